The predicted molar refractivity (Wildman–Crippen MR) is 110 cm³/mol. The molecule has 0 spiro atoms. The van der Waals surface area contributed by atoms with Crippen molar-refractivity contribution in [1.82, 2.24) is 4.57 Å². The van der Waals surface area contributed by atoms with Crippen LogP contribution < -0.4 is 20.3 Å². The van der Waals surface area contributed by atoms with Gasteiger partial charge in [0.05, 0.1) is 15.8 Å². The SMILES string of the molecule is CCn1c(=O)c2cc(C(=O)Nc3ccc4c(c3)OCO4)sc2c2ccccc21. The fourth-order valence-electron chi connectivity index (χ4n) is 3.50. The molecule has 1 aliphatic heterocycles. The number of aryl methyl sites for hydroxylation is 1. The Balaban J connectivity index is 1.58. The number of hydrogen-bond donors (Lipinski definition) is 1. The fraction of sp³-hybridized carbons (Fsp3) is 0.143. The molecule has 0 atom stereocenters. The number of nitrogens with zero attached hydrogens (tertiary/aromatic N) is 1. The van der Waals surface area contributed by atoms with Gasteiger partial charge in [0, 0.05) is 28.4 Å². The number of rotatable bonds is 3. The van der Waals surface area contributed by atoms with E-state index in [0.29, 0.717) is 34.0 Å². The maximum atomic E-state index is 12.9. The van der Waals surface area contributed by atoms with Crippen LogP contribution in [-0.4, -0.2) is 17.3 Å². The Bertz CT molecular complexity index is 1310. The van der Waals surface area contributed by atoms with Gasteiger partial charge in [0.2, 0.25) is 6.79 Å². The molecule has 0 saturated heterocycles. The molecule has 4 aromatic rings. The van der Waals surface area contributed by atoms with Crippen molar-refractivity contribution < 1.29 is 14.3 Å². The van der Waals surface area contributed by atoms with Crippen molar-refractivity contribution in [2.45, 2.75) is 13.5 Å². The van der Waals surface area contributed by atoms with E-state index in [4.69, 9.17) is 9.47 Å². The average molecular weight is 392 g/mol. The molecule has 1 amide bonds. The lowest BCUT2D eigenvalue weighted by atomic mass is 10.1. The largest absolute Gasteiger partial charge is 0.454 e. The molecular formula is C21H16N2O4S. The number of thiophene rings is 1. The van der Waals surface area contributed by atoms with Crippen LogP contribution in [0.3, 0.4) is 0 Å². The Labute approximate surface area is 163 Å². The first-order valence-electron chi connectivity index (χ1n) is 8.92. The van der Waals surface area contributed by atoms with Gasteiger partial charge < -0.3 is 19.4 Å². The van der Waals surface area contributed by atoms with Gasteiger partial charge in [-0.15, -0.1) is 11.3 Å². The molecule has 1 N–H and O–H groups in total. The fourth-order valence-corrected chi connectivity index (χ4v) is 4.58. The number of para-hydroxylation sites is 1. The van der Waals surface area contributed by atoms with Gasteiger partial charge in [-0.2, -0.15) is 0 Å². The number of amides is 1. The molecule has 3 heterocycles. The zero-order valence-electron chi connectivity index (χ0n) is 15.0. The van der Waals surface area contributed by atoms with Gasteiger partial charge in [0.15, 0.2) is 11.5 Å². The van der Waals surface area contributed by atoms with Crippen molar-refractivity contribution >= 4 is 43.9 Å². The zero-order chi connectivity index (χ0) is 19.3. The van der Waals surface area contributed by atoms with E-state index in [-0.39, 0.29) is 18.3 Å². The molecule has 2 aromatic carbocycles. The number of fused-ring (bicyclic) bond motifs is 4. The van der Waals surface area contributed by atoms with E-state index in [1.807, 2.05) is 31.2 Å². The minimum Gasteiger partial charge on any atom is -0.454 e. The first kappa shape index (κ1) is 16.8. The minimum atomic E-state index is -0.258. The predicted octanol–water partition coefficient (Wildman–Crippen LogP) is 4.22. The lowest BCUT2D eigenvalue weighted by Crippen LogP contribution is -2.19. The molecule has 7 heteroatoms. The van der Waals surface area contributed by atoms with Crippen molar-refractivity contribution in [1.29, 1.82) is 0 Å². The quantitative estimate of drug-likeness (QED) is 0.567. The van der Waals surface area contributed by atoms with Gasteiger partial charge in [-0.3, -0.25) is 9.59 Å². The molecule has 0 aliphatic carbocycles. The number of aromatic nitrogens is 1. The second-order valence-corrected chi connectivity index (χ2v) is 7.49. The lowest BCUT2D eigenvalue weighted by molar-refractivity contribution is 0.103. The molecule has 1 aliphatic rings. The summed E-state index contributed by atoms with van der Waals surface area (Å²) in [6.45, 7) is 2.70. The van der Waals surface area contributed by atoms with Gasteiger partial charge in [0.25, 0.3) is 11.5 Å². The number of carbonyl (C=O) groups excluding carboxylic acids is 1. The van der Waals surface area contributed by atoms with Crippen LogP contribution in [-0.2, 0) is 6.54 Å². The molecular weight excluding hydrogens is 376 g/mol. The highest BCUT2D eigenvalue weighted by molar-refractivity contribution is 7.21. The van der Waals surface area contributed by atoms with E-state index in [1.54, 1.807) is 28.8 Å². The standard InChI is InChI=1S/C21H16N2O4S/c1-2-23-15-6-4-3-5-13(15)19-14(21(23)25)10-18(28-19)20(24)22-12-7-8-16-17(9-12)27-11-26-16/h3-10H,2,11H2,1H3,(H,22,24). The minimum absolute atomic E-state index is 0.0745. The number of benzene rings is 2. The summed E-state index contributed by atoms with van der Waals surface area (Å²) in [5.41, 5.74) is 1.42. The molecule has 0 unspecified atom stereocenters. The van der Waals surface area contributed by atoms with Gasteiger partial charge in [0.1, 0.15) is 0 Å². The van der Waals surface area contributed by atoms with Crippen LogP contribution >= 0.6 is 11.3 Å². The third kappa shape index (κ3) is 2.55. The maximum Gasteiger partial charge on any atom is 0.265 e. The third-order valence-electron chi connectivity index (χ3n) is 4.82. The number of nitrogens with one attached hydrogen (secondary N) is 1. The van der Waals surface area contributed by atoms with E-state index in [2.05, 4.69) is 5.32 Å². The van der Waals surface area contributed by atoms with E-state index >= 15 is 0 Å². The van der Waals surface area contributed by atoms with Crippen molar-refractivity contribution in [2.24, 2.45) is 0 Å². The van der Waals surface area contributed by atoms with Crippen molar-refractivity contribution in [3.05, 3.63) is 63.8 Å². The Morgan fingerprint density at radius 3 is 2.79 bits per heavy atom. The molecule has 5 rings (SSSR count). The Hall–Kier alpha value is -3.32. The first-order chi connectivity index (χ1) is 13.7. The van der Waals surface area contributed by atoms with Gasteiger partial charge in [-0.25, -0.2) is 0 Å². The maximum absolute atomic E-state index is 12.9. The summed E-state index contributed by atoms with van der Waals surface area (Å²) in [6, 6.07) is 14.7. The molecule has 140 valence electrons. The van der Waals surface area contributed by atoms with Crippen LogP contribution in [0.25, 0.3) is 21.0 Å². The summed E-state index contributed by atoms with van der Waals surface area (Å²) >= 11 is 1.33. The third-order valence-corrected chi connectivity index (χ3v) is 5.98. The van der Waals surface area contributed by atoms with Gasteiger partial charge in [-0.05, 0) is 31.2 Å². The number of carbonyl (C=O) groups is 1. The molecule has 0 saturated carbocycles. The smallest absolute Gasteiger partial charge is 0.265 e. The average Bonchev–Trinajstić information content (AvgIpc) is 3.35. The van der Waals surface area contributed by atoms with E-state index in [1.165, 1.54) is 11.3 Å². The Kier molecular flexibility index (Phi) is 3.84. The summed E-state index contributed by atoms with van der Waals surface area (Å²) in [4.78, 5) is 26.2. The van der Waals surface area contributed by atoms with Crippen LogP contribution in [0.1, 0.15) is 16.6 Å². The number of anilines is 1. The van der Waals surface area contributed by atoms with E-state index in [0.717, 1.165) is 15.6 Å². The second-order valence-electron chi connectivity index (χ2n) is 6.44. The van der Waals surface area contributed by atoms with Crippen LogP contribution in [0, 0.1) is 0 Å². The van der Waals surface area contributed by atoms with Crippen molar-refractivity contribution in [3.63, 3.8) is 0 Å². The van der Waals surface area contributed by atoms with Gasteiger partial charge >= 0.3 is 0 Å². The zero-order valence-corrected chi connectivity index (χ0v) is 15.8. The Morgan fingerprint density at radius 2 is 1.93 bits per heavy atom. The monoisotopic (exact) mass is 392 g/mol. The second kappa shape index (κ2) is 6.38. The van der Waals surface area contributed by atoms with Crippen LogP contribution in [0.2, 0.25) is 0 Å². The normalized spacial score (nSPS) is 12.6. The molecule has 0 radical (unpaired) electrons. The van der Waals surface area contributed by atoms with Crippen LogP contribution in [0.15, 0.2) is 53.3 Å². The highest BCUT2D eigenvalue weighted by atomic mass is 32.1. The van der Waals surface area contributed by atoms with Crippen LogP contribution in [0.5, 0.6) is 11.5 Å². The topological polar surface area (TPSA) is 69.6 Å². The number of ether oxygens (including phenoxy) is 2. The number of hydrogen-bond acceptors (Lipinski definition) is 5. The summed E-state index contributed by atoms with van der Waals surface area (Å²) in [5, 5.41) is 4.42. The Morgan fingerprint density at radius 1 is 1.11 bits per heavy atom. The van der Waals surface area contributed by atoms with Crippen molar-refractivity contribution in [3.8, 4) is 11.5 Å². The highest BCUT2D eigenvalue weighted by Crippen LogP contribution is 2.35. The van der Waals surface area contributed by atoms with Crippen molar-refractivity contribution in [2.75, 3.05) is 12.1 Å². The molecule has 0 fully saturated rings. The molecule has 28 heavy (non-hydrogen) atoms. The summed E-state index contributed by atoms with van der Waals surface area (Å²) in [7, 11) is 0. The van der Waals surface area contributed by atoms with Crippen LogP contribution in [0.4, 0.5) is 5.69 Å². The molecule has 2 aromatic heterocycles. The molecule has 0 bridgehead atoms. The first-order valence-corrected chi connectivity index (χ1v) is 9.73. The summed E-state index contributed by atoms with van der Waals surface area (Å²) in [5.74, 6) is 1.00. The van der Waals surface area contributed by atoms with Gasteiger partial charge in [-0.1, -0.05) is 18.2 Å². The number of pyridine rings is 1. The summed E-state index contributed by atoms with van der Waals surface area (Å²) < 4.78 is 13.2. The lowest BCUT2D eigenvalue weighted by Gasteiger charge is -2.08. The van der Waals surface area contributed by atoms with E-state index < -0.39 is 0 Å². The summed E-state index contributed by atoms with van der Waals surface area (Å²) in [6.07, 6.45) is 0. The molecule has 6 nitrogen and oxygen atoms in total. The highest BCUT2D eigenvalue weighted by Gasteiger charge is 2.18. The van der Waals surface area contributed by atoms with E-state index in [9.17, 15) is 9.59 Å².